The third kappa shape index (κ3) is 6.25. The number of likely N-dealkylation sites (N-methyl/N-ethyl adjacent to an activating group) is 1. The van der Waals surface area contributed by atoms with Crippen LogP contribution in [0.15, 0.2) is 48.7 Å². The van der Waals surface area contributed by atoms with Gasteiger partial charge in [0, 0.05) is 30.6 Å². The highest BCUT2D eigenvalue weighted by atomic mass is 19.4. The number of alkyl halides is 6. The number of hydrogen-bond acceptors (Lipinski definition) is 4. The maximum absolute atomic E-state index is 14.0. The summed E-state index contributed by atoms with van der Waals surface area (Å²) in [6.45, 7) is 4.01. The smallest absolute Gasteiger partial charge is 0.346 e. The van der Waals surface area contributed by atoms with E-state index in [4.69, 9.17) is 0 Å². The second-order valence-corrected chi connectivity index (χ2v) is 10.9. The van der Waals surface area contributed by atoms with Crippen LogP contribution >= 0.6 is 0 Å². The molecule has 1 aromatic heterocycles. The molecule has 1 aliphatic heterocycles. The van der Waals surface area contributed by atoms with Crippen molar-refractivity contribution >= 4 is 23.8 Å². The number of anilines is 1. The summed E-state index contributed by atoms with van der Waals surface area (Å²) in [5, 5.41) is 2.53. The van der Waals surface area contributed by atoms with Crippen LogP contribution in [0, 0.1) is 12.7 Å². The molecule has 2 unspecified atom stereocenters. The van der Waals surface area contributed by atoms with Crippen LogP contribution in [0.4, 0.5) is 36.4 Å². The summed E-state index contributed by atoms with van der Waals surface area (Å²) < 4.78 is 95.3. The molecule has 13 heteroatoms. The van der Waals surface area contributed by atoms with E-state index >= 15 is 0 Å². The Balaban J connectivity index is 1.85. The van der Waals surface area contributed by atoms with Crippen LogP contribution in [0.2, 0.25) is 0 Å². The number of carbonyl (C=O) groups is 3. The average molecular weight is 610 g/mol. The molecule has 0 spiro atoms. The number of carbonyl (C=O) groups excluding carboxylic acids is 3. The van der Waals surface area contributed by atoms with E-state index in [1.54, 1.807) is 6.92 Å². The molecule has 6 nitrogen and oxygen atoms in total. The van der Waals surface area contributed by atoms with Gasteiger partial charge in [0.25, 0.3) is 0 Å². The second kappa shape index (κ2) is 11.1. The molecule has 2 aromatic carbocycles. The number of benzene rings is 2. The molecular weight excluding hydrogens is 583 g/mol. The molecule has 1 fully saturated rings. The first-order chi connectivity index (χ1) is 19.8. The lowest BCUT2D eigenvalue weighted by Crippen LogP contribution is -2.42. The molecule has 0 radical (unpaired) electrons. The fraction of sp³-hybridized carbons (Fsp3) is 0.333. The van der Waals surface area contributed by atoms with E-state index in [9.17, 15) is 45.1 Å². The first-order valence-corrected chi connectivity index (χ1v) is 12.9. The normalized spacial score (nSPS) is 17.5. The highest BCUT2D eigenvalue weighted by molar-refractivity contribution is 6.03. The Kier molecular flexibility index (Phi) is 8.16. The molecule has 0 aliphatic carbocycles. The SMILES string of the molecule is Cc1cc(F)ccc1-c1cc(C2CC(=O)NC2C=O)ncc1N(C)C(=O)C(C)(C)c1cc(C(F)(F)F)cc(C(F)(F)F)c1. The number of nitrogens with zero attached hydrogens (tertiary/aromatic N) is 2. The maximum atomic E-state index is 14.0. The lowest BCUT2D eigenvalue weighted by atomic mass is 9.81. The Morgan fingerprint density at radius 3 is 2.07 bits per heavy atom. The Bertz CT molecular complexity index is 1570. The van der Waals surface area contributed by atoms with E-state index in [0.717, 1.165) is 4.90 Å². The van der Waals surface area contributed by atoms with E-state index in [1.165, 1.54) is 51.4 Å². The van der Waals surface area contributed by atoms with Gasteiger partial charge >= 0.3 is 12.4 Å². The standard InChI is InChI=1S/C30H26F7N3O3/c1-15-7-19(31)5-6-20(15)21-11-23(22-12-26(42)39-24(22)14-41)38-13-25(21)40(4)27(43)28(2,3)16-8-17(29(32,33)34)10-18(9-16)30(35,36)37/h5-11,13-14,22,24H,12H2,1-4H3,(H,39,42). The predicted molar refractivity (Wildman–Crippen MR) is 143 cm³/mol. The molecule has 2 amide bonds. The van der Waals surface area contributed by atoms with Crippen molar-refractivity contribution in [3.8, 4) is 11.1 Å². The van der Waals surface area contributed by atoms with Gasteiger partial charge in [-0.25, -0.2) is 4.39 Å². The minimum Gasteiger partial charge on any atom is -0.346 e. The zero-order valence-electron chi connectivity index (χ0n) is 23.3. The summed E-state index contributed by atoms with van der Waals surface area (Å²) in [6.07, 6.45) is -8.43. The van der Waals surface area contributed by atoms with Gasteiger partial charge in [-0.15, -0.1) is 0 Å². The largest absolute Gasteiger partial charge is 0.416 e. The summed E-state index contributed by atoms with van der Waals surface area (Å²) in [7, 11) is 1.29. The minimum absolute atomic E-state index is 0.0129. The van der Waals surface area contributed by atoms with E-state index in [-0.39, 0.29) is 24.1 Å². The first kappa shape index (κ1) is 31.6. The van der Waals surface area contributed by atoms with Crippen molar-refractivity contribution in [2.75, 3.05) is 11.9 Å². The number of pyridine rings is 1. The summed E-state index contributed by atoms with van der Waals surface area (Å²) in [4.78, 5) is 42.9. The molecule has 2 heterocycles. The van der Waals surface area contributed by atoms with E-state index < -0.39 is 58.1 Å². The van der Waals surface area contributed by atoms with Crippen molar-refractivity contribution in [1.82, 2.24) is 10.3 Å². The maximum Gasteiger partial charge on any atom is 0.416 e. The Morgan fingerprint density at radius 2 is 1.53 bits per heavy atom. The molecular formula is C30H26F7N3O3. The number of nitrogens with one attached hydrogen (secondary N) is 1. The molecule has 1 saturated heterocycles. The Hall–Kier alpha value is -4.29. The number of aromatic nitrogens is 1. The molecule has 2 atom stereocenters. The molecule has 1 aliphatic rings. The van der Waals surface area contributed by atoms with Crippen molar-refractivity contribution in [2.24, 2.45) is 0 Å². The van der Waals surface area contributed by atoms with E-state index in [2.05, 4.69) is 10.3 Å². The Labute approximate surface area is 241 Å². The number of aldehydes is 1. The van der Waals surface area contributed by atoms with Crippen LogP contribution in [0.5, 0.6) is 0 Å². The number of hydrogen-bond donors (Lipinski definition) is 1. The van der Waals surface area contributed by atoms with Crippen LogP contribution in [0.1, 0.15) is 54.1 Å². The Morgan fingerprint density at radius 1 is 0.953 bits per heavy atom. The fourth-order valence-electron chi connectivity index (χ4n) is 5.14. The summed E-state index contributed by atoms with van der Waals surface area (Å²) in [6, 6.07) is 5.52. The van der Waals surface area contributed by atoms with Gasteiger partial charge in [-0.3, -0.25) is 14.6 Å². The van der Waals surface area contributed by atoms with Gasteiger partial charge in [0.2, 0.25) is 11.8 Å². The monoisotopic (exact) mass is 609 g/mol. The van der Waals surface area contributed by atoms with Crippen LogP contribution in [0.25, 0.3) is 11.1 Å². The average Bonchev–Trinajstić information content (AvgIpc) is 3.31. The number of amides is 2. The fourth-order valence-corrected chi connectivity index (χ4v) is 5.14. The molecule has 1 N–H and O–H groups in total. The van der Waals surface area contributed by atoms with Gasteiger partial charge in [0.15, 0.2) is 0 Å². The number of rotatable bonds is 6. The van der Waals surface area contributed by atoms with Crippen molar-refractivity contribution in [2.45, 2.75) is 56.9 Å². The quantitative estimate of drug-likeness (QED) is 0.261. The van der Waals surface area contributed by atoms with Crippen molar-refractivity contribution < 1.29 is 45.1 Å². The zero-order valence-corrected chi connectivity index (χ0v) is 23.3. The van der Waals surface area contributed by atoms with Crippen LogP contribution in [0.3, 0.4) is 0 Å². The number of aryl methyl sites for hydroxylation is 1. The van der Waals surface area contributed by atoms with E-state index in [1.807, 2.05) is 0 Å². The molecule has 0 bridgehead atoms. The van der Waals surface area contributed by atoms with Gasteiger partial charge in [-0.05, 0) is 73.9 Å². The first-order valence-electron chi connectivity index (χ1n) is 12.9. The third-order valence-electron chi connectivity index (χ3n) is 7.59. The summed E-state index contributed by atoms with van der Waals surface area (Å²) in [5.74, 6) is -2.43. The minimum atomic E-state index is -5.11. The zero-order chi connectivity index (χ0) is 32.1. The van der Waals surface area contributed by atoms with Crippen LogP contribution in [-0.2, 0) is 32.2 Å². The molecule has 4 rings (SSSR count). The van der Waals surface area contributed by atoms with Gasteiger partial charge < -0.3 is 15.0 Å². The van der Waals surface area contributed by atoms with Gasteiger partial charge in [-0.2, -0.15) is 26.3 Å². The van der Waals surface area contributed by atoms with Gasteiger partial charge in [0.05, 0.1) is 34.5 Å². The van der Waals surface area contributed by atoms with Gasteiger partial charge in [0.1, 0.15) is 12.1 Å². The highest BCUT2D eigenvalue weighted by Crippen LogP contribution is 2.41. The third-order valence-corrected chi connectivity index (χ3v) is 7.59. The van der Waals surface area contributed by atoms with Crippen molar-refractivity contribution in [3.63, 3.8) is 0 Å². The van der Waals surface area contributed by atoms with Crippen molar-refractivity contribution in [3.05, 3.63) is 82.4 Å². The molecule has 3 aromatic rings. The lowest BCUT2D eigenvalue weighted by Gasteiger charge is -2.32. The molecule has 228 valence electrons. The van der Waals surface area contributed by atoms with Crippen molar-refractivity contribution in [1.29, 1.82) is 0 Å². The van der Waals surface area contributed by atoms with E-state index in [0.29, 0.717) is 40.8 Å². The topological polar surface area (TPSA) is 79.4 Å². The number of halogens is 7. The second-order valence-electron chi connectivity index (χ2n) is 10.9. The molecule has 0 saturated carbocycles. The highest BCUT2D eigenvalue weighted by Gasteiger charge is 2.42. The molecule has 43 heavy (non-hydrogen) atoms. The van der Waals surface area contributed by atoms with Gasteiger partial charge in [-0.1, -0.05) is 6.07 Å². The summed E-state index contributed by atoms with van der Waals surface area (Å²) >= 11 is 0. The predicted octanol–water partition coefficient (Wildman–Crippen LogP) is 6.35. The summed E-state index contributed by atoms with van der Waals surface area (Å²) in [5.41, 5.74) is -3.90. The van der Waals surface area contributed by atoms with Crippen LogP contribution in [-0.4, -0.2) is 36.2 Å². The lowest BCUT2D eigenvalue weighted by molar-refractivity contribution is -0.143. The van der Waals surface area contributed by atoms with Crippen LogP contribution < -0.4 is 10.2 Å².